The minimum Gasteiger partial charge on any atom is -0.378 e. The van der Waals surface area contributed by atoms with E-state index in [1.807, 2.05) is 4.90 Å². The van der Waals surface area contributed by atoms with E-state index in [2.05, 4.69) is 11.7 Å². The Labute approximate surface area is 92.1 Å². The van der Waals surface area contributed by atoms with E-state index in [0.717, 1.165) is 0 Å². The predicted octanol–water partition coefficient (Wildman–Crippen LogP) is 0.728. The number of hydrogen-bond donors (Lipinski definition) is 0. The molecule has 2 rings (SSSR count). The largest absolute Gasteiger partial charge is 0.378 e. The topological polar surface area (TPSA) is 73.4 Å². The fourth-order valence-electron chi connectivity index (χ4n) is 1.69. The first-order valence-electron chi connectivity index (χ1n) is 4.91. The number of nitro groups is 1. The maximum absolute atomic E-state index is 10.9. The highest BCUT2D eigenvalue weighted by Crippen LogP contribution is 2.28. The summed E-state index contributed by atoms with van der Waals surface area (Å²) in [5, 5.41) is 14.8. The van der Waals surface area contributed by atoms with Gasteiger partial charge in [0.25, 0.3) is 0 Å². The van der Waals surface area contributed by atoms with E-state index in [1.54, 1.807) is 0 Å². The van der Waals surface area contributed by atoms with E-state index in [-0.39, 0.29) is 5.69 Å². The van der Waals surface area contributed by atoms with Gasteiger partial charge in [-0.15, -0.1) is 0 Å². The molecule has 7 nitrogen and oxygen atoms in total. The Hall–Kier alpha value is -1.89. The zero-order valence-electron chi connectivity index (χ0n) is 8.70. The molecule has 0 radical (unpaired) electrons. The Morgan fingerprint density at radius 3 is 2.81 bits per heavy atom. The lowest BCUT2D eigenvalue weighted by atomic mass is 10.4. The smallest absolute Gasteiger partial charge is 0.331 e. The first kappa shape index (κ1) is 10.6. The van der Waals surface area contributed by atoms with Crippen LogP contribution < -0.4 is 4.90 Å². The molecule has 1 aromatic heterocycles. The van der Waals surface area contributed by atoms with Crippen molar-refractivity contribution in [3.8, 4) is 0 Å². The van der Waals surface area contributed by atoms with Gasteiger partial charge in [-0.05, 0) is 0 Å². The lowest BCUT2D eigenvalue weighted by Gasteiger charge is -2.27. The van der Waals surface area contributed by atoms with Gasteiger partial charge in [0.1, 0.15) is 6.20 Å². The Morgan fingerprint density at radius 1 is 1.56 bits per heavy atom. The number of rotatable bonds is 3. The molecule has 0 N–H and O–H groups in total. The molecule has 0 spiro atoms. The summed E-state index contributed by atoms with van der Waals surface area (Å²) in [5.41, 5.74) is 0.00167. The van der Waals surface area contributed by atoms with Crippen LogP contribution in [-0.4, -0.2) is 41.0 Å². The number of nitrogens with zero attached hydrogens (tertiary/aromatic N) is 4. The molecule has 0 atom stereocenters. The average molecular weight is 224 g/mol. The normalized spacial score (nSPS) is 16.1. The van der Waals surface area contributed by atoms with Crippen molar-refractivity contribution in [1.29, 1.82) is 0 Å². The Balaban J connectivity index is 2.38. The maximum atomic E-state index is 10.9. The summed E-state index contributed by atoms with van der Waals surface area (Å²) < 4.78 is 6.62. The molecular weight excluding hydrogens is 212 g/mol. The lowest BCUT2D eigenvalue weighted by molar-refractivity contribution is -0.384. The fourth-order valence-corrected chi connectivity index (χ4v) is 1.69. The highest BCUT2D eigenvalue weighted by Gasteiger charge is 2.26. The molecule has 16 heavy (non-hydrogen) atoms. The third-order valence-electron chi connectivity index (χ3n) is 2.43. The highest BCUT2D eigenvalue weighted by atomic mass is 16.6. The van der Waals surface area contributed by atoms with Gasteiger partial charge < -0.3 is 9.64 Å². The fraction of sp³-hybridized carbons (Fsp3) is 0.444. The van der Waals surface area contributed by atoms with Crippen molar-refractivity contribution < 1.29 is 9.66 Å². The van der Waals surface area contributed by atoms with Gasteiger partial charge in [-0.3, -0.25) is 10.1 Å². The molecule has 0 bridgehead atoms. The van der Waals surface area contributed by atoms with E-state index in [1.165, 1.54) is 17.1 Å². The zero-order chi connectivity index (χ0) is 11.5. The van der Waals surface area contributed by atoms with Gasteiger partial charge in [0.15, 0.2) is 0 Å². The Morgan fingerprint density at radius 2 is 2.25 bits per heavy atom. The van der Waals surface area contributed by atoms with Crippen LogP contribution in [0.2, 0.25) is 0 Å². The molecule has 0 aliphatic carbocycles. The van der Waals surface area contributed by atoms with E-state index in [4.69, 9.17) is 4.74 Å². The molecule has 7 heteroatoms. The number of anilines is 1. The third-order valence-corrected chi connectivity index (χ3v) is 2.43. The lowest BCUT2D eigenvalue weighted by Crippen LogP contribution is -2.37. The van der Waals surface area contributed by atoms with Gasteiger partial charge in [-0.1, -0.05) is 6.58 Å². The van der Waals surface area contributed by atoms with Gasteiger partial charge in [-0.25, -0.2) is 4.68 Å². The van der Waals surface area contributed by atoms with Crippen LogP contribution in [0.5, 0.6) is 0 Å². The van der Waals surface area contributed by atoms with Crippen LogP contribution in [0.1, 0.15) is 0 Å². The quantitative estimate of drug-likeness (QED) is 0.559. The number of morpholine rings is 1. The SMILES string of the molecule is C=Cn1ncc([N+](=O)[O-])c1N1CCOCC1. The van der Waals surface area contributed by atoms with E-state index < -0.39 is 4.92 Å². The molecule has 1 aliphatic rings. The van der Waals surface area contributed by atoms with Gasteiger partial charge in [-0.2, -0.15) is 5.10 Å². The summed E-state index contributed by atoms with van der Waals surface area (Å²) in [5.74, 6) is 0.475. The molecule has 1 aromatic rings. The molecular formula is C9H12N4O3. The molecule has 86 valence electrons. The summed E-state index contributed by atoms with van der Waals surface area (Å²) in [6.07, 6.45) is 2.70. The monoisotopic (exact) mass is 224 g/mol. The molecule has 0 unspecified atom stereocenters. The second-order valence-electron chi connectivity index (χ2n) is 3.34. The first-order valence-corrected chi connectivity index (χ1v) is 4.91. The van der Waals surface area contributed by atoms with Crippen molar-refractivity contribution in [3.63, 3.8) is 0 Å². The second kappa shape index (κ2) is 4.31. The van der Waals surface area contributed by atoms with E-state index in [0.29, 0.717) is 32.1 Å². The minimum absolute atomic E-state index is 0.00167. The van der Waals surface area contributed by atoms with Gasteiger partial charge in [0.2, 0.25) is 5.82 Å². The van der Waals surface area contributed by atoms with E-state index in [9.17, 15) is 10.1 Å². The summed E-state index contributed by atoms with van der Waals surface area (Å²) in [6, 6.07) is 0. The molecule has 0 saturated carbocycles. The zero-order valence-corrected chi connectivity index (χ0v) is 8.70. The first-order chi connectivity index (χ1) is 7.74. The van der Waals surface area contributed by atoms with Crippen molar-refractivity contribution in [2.24, 2.45) is 0 Å². The van der Waals surface area contributed by atoms with Gasteiger partial charge in [0, 0.05) is 19.3 Å². The molecule has 1 aliphatic heterocycles. The van der Waals surface area contributed by atoms with Crippen LogP contribution in [-0.2, 0) is 4.74 Å². The minimum atomic E-state index is -0.433. The number of ether oxygens (including phenoxy) is 1. The predicted molar refractivity (Wildman–Crippen MR) is 58.3 cm³/mol. The second-order valence-corrected chi connectivity index (χ2v) is 3.34. The average Bonchev–Trinajstić information content (AvgIpc) is 2.73. The van der Waals surface area contributed by atoms with Crippen LogP contribution in [0.15, 0.2) is 12.8 Å². The van der Waals surface area contributed by atoms with Crippen molar-refractivity contribution in [3.05, 3.63) is 22.9 Å². The molecule has 1 fully saturated rings. The summed E-state index contributed by atoms with van der Waals surface area (Å²) in [4.78, 5) is 12.3. The summed E-state index contributed by atoms with van der Waals surface area (Å²) >= 11 is 0. The van der Waals surface area contributed by atoms with E-state index >= 15 is 0 Å². The molecule has 0 aromatic carbocycles. The maximum Gasteiger partial charge on any atom is 0.331 e. The molecule has 1 saturated heterocycles. The van der Waals surface area contributed by atoms with Gasteiger partial charge >= 0.3 is 5.69 Å². The van der Waals surface area contributed by atoms with Crippen LogP contribution in [0.4, 0.5) is 11.5 Å². The van der Waals surface area contributed by atoms with Crippen LogP contribution in [0.25, 0.3) is 6.20 Å². The summed E-state index contributed by atoms with van der Waals surface area (Å²) in [7, 11) is 0. The van der Waals surface area contributed by atoms with Gasteiger partial charge in [0.05, 0.1) is 18.1 Å². The van der Waals surface area contributed by atoms with Crippen LogP contribution in [0.3, 0.4) is 0 Å². The molecule has 2 heterocycles. The number of hydrogen-bond acceptors (Lipinski definition) is 5. The van der Waals surface area contributed by atoms with Crippen molar-refractivity contribution in [2.75, 3.05) is 31.2 Å². The standard InChI is InChI=1S/C9H12N4O3/c1-2-12-9(8(7-10-12)13(14)15)11-3-5-16-6-4-11/h2,7H,1,3-6H2. The van der Waals surface area contributed by atoms with Crippen molar-refractivity contribution >= 4 is 17.7 Å². The molecule has 0 amide bonds. The Kier molecular flexibility index (Phi) is 2.86. The van der Waals surface area contributed by atoms with Crippen molar-refractivity contribution in [1.82, 2.24) is 9.78 Å². The van der Waals surface area contributed by atoms with Crippen LogP contribution in [0, 0.1) is 10.1 Å². The number of aromatic nitrogens is 2. The highest BCUT2D eigenvalue weighted by molar-refractivity contribution is 5.60. The Bertz CT molecular complexity index is 409. The van der Waals surface area contributed by atoms with Crippen LogP contribution >= 0.6 is 0 Å². The third kappa shape index (κ3) is 1.76. The van der Waals surface area contributed by atoms with Crippen molar-refractivity contribution in [2.45, 2.75) is 0 Å². The summed E-state index contributed by atoms with van der Waals surface area (Å²) in [6.45, 7) is 5.97.